The van der Waals surface area contributed by atoms with Gasteiger partial charge in [-0.15, -0.1) is 5.10 Å². The number of hydrazone groups is 1. The standard InChI is InChI=1S/C4H6N4O2/c5-4(9)7-8-1-2-10-3-6-8/h1-3H,(H3,5,7,9). The number of nitrogens with two attached hydrogens (primary N) is 1. The summed E-state index contributed by atoms with van der Waals surface area (Å²) < 4.78 is 4.58. The molecule has 0 atom stereocenters. The molecule has 1 rings (SSSR count). The number of primary amides is 1. The van der Waals surface area contributed by atoms with Gasteiger partial charge >= 0.3 is 6.03 Å². The topological polar surface area (TPSA) is 80.0 Å². The molecule has 0 aromatic rings. The van der Waals surface area contributed by atoms with Crippen LogP contribution in [-0.4, -0.2) is 17.5 Å². The second-order valence-electron chi connectivity index (χ2n) is 1.46. The molecule has 0 radical (unpaired) electrons. The van der Waals surface area contributed by atoms with Gasteiger partial charge < -0.3 is 10.5 Å². The van der Waals surface area contributed by atoms with Gasteiger partial charge in [-0.3, -0.25) is 0 Å². The number of amides is 2. The van der Waals surface area contributed by atoms with E-state index in [4.69, 9.17) is 5.73 Å². The number of carbonyl (C=O) groups is 1. The van der Waals surface area contributed by atoms with Crippen LogP contribution in [0.5, 0.6) is 0 Å². The van der Waals surface area contributed by atoms with Crippen LogP contribution in [0, 0.1) is 0 Å². The first kappa shape index (κ1) is 6.40. The van der Waals surface area contributed by atoms with Gasteiger partial charge in [-0.2, -0.15) is 5.12 Å². The average molecular weight is 142 g/mol. The first-order chi connectivity index (χ1) is 4.79. The molecule has 0 fully saturated rings. The number of nitrogens with zero attached hydrogens (tertiary/aromatic N) is 2. The minimum atomic E-state index is -0.677. The summed E-state index contributed by atoms with van der Waals surface area (Å²) in [6.07, 6.45) is 3.92. The van der Waals surface area contributed by atoms with E-state index in [-0.39, 0.29) is 0 Å². The Labute approximate surface area is 56.9 Å². The number of rotatable bonds is 1. The van der Waals surface area contributed by atoms with Crippen LogP contribution >= 0.6 is 0 Å². The first-order valence-corrected chi connectivity index (χ1v) is 2.49. The lowest BCUT2D eigenvalue weighted by atomic mass is 10.9. The Bertz CT molecular complexity index is 176. The second kappa shape index (κ2) is 2.72. The van der Waals surface area contributed by atoms with E-state index >= 15 is 0 Å². The number of hydrazine groups is 1. The van der Waals surface area contributed by atoms with Gasteiger partial charge in [0, 0.05) is 0 Å². The molecule has 6 nitrogen and oxygen atoms in total. The van der Waals surface area contributed by atoms with Crippen molar-refractivity contribution in [2.75, 3.05) is 0 Å². The fourth-order valence-electron chi connectivity index (χ4n) is 0.423. The lowest BCUT2D eigenvalue weighted by molar-refractivity contribution is 0.213. The molecule has 0 saturated carbocycles. The molecule has 1 aliphatic rings. The molecule has 0 aliphatic carbocycles. The van der Waals surface area contributed by atoms with Gasteiger partial charge in [-0.1, -0.05) is 0 Å². The van der Waals surface area contributed by atoms with Crippen molar-refractivity contribution in [3.8, 4) is 0 Å². The molecule has 0 spiro atoms. The molecule has 3 N–H and O–H groups in total. The summed E-state index contributed by atoms with van der Waals surface area (Å²) in [4.78, 5) is 10.2. The molecule has 0 bridgehead atoms. The van der Waals surface area contributed by atoms with Gasteiger partial charge in [0.1, 0.15) is 6.26 Å². The minimum absolute atomic E-state index is 0.677. The van der Waals surface area contributed by atoms with Crippen LogP contribution < -0.4 is 11.2 Å². The van der Waals surface area contributed by atoms with E-state index < -0.39 is 6.03 Å². The number of urea groups is 1. The normalized spacial score (nSPS) is 14.6. The zero-order valence-electron chi connectivity index (χ0n) is 5.02. The van der Waals surface area contributed by atoms with E-state index in [9.17, 15) is 4.79 Å². The van der Waals surface area contributed by atoms with E-state index in [1.54, 1.807) is 0 Å². The van der Waals surface area contributed by atoms with Gasteiger partial charge in [-0.25, -0.2) is 10.2 Å². The van der Waals surface area contributed by atoms with Crippen molar-refractivity contribution >= 4 is 12.4 Å². The SMILES string of the molecule is NC(=O)NN1C=COC=N1. The van der Waals surface area contributed by atoms with Gasteiger partial charge in [0.15, 0.2) is 0 Å². The molecule has 6 heteroatoms. The van der Waals surface area contributed by atoms with Crippen LogP contribution in [0.4, 0.5) is 4.79 Å². The van der Waals surface area contributed by atoms with Gasteiger partial charge in [0.2, 0.25) is 6.40 Å². The minimum Gasteiger partial charge on any atom is -0.450 e. The van der Waals surface area contributed by atoms with Crippen LogP contribution in [0.3, 0.4) is 0 Å². The summed E-state index contributed by atoms with van der Waals surface area (Å²) >= 11 is 0. The summed E-state index contributed by atoms with van der Waals surface area (Å²) in [5, 5.41) is 4.69. The molecular formula is C4H6N4O2. The van der Waals surface area contributed by atoms with E-state index in [0.717, 1.165) is 11.5 Å². The second-order valence-corrected chi connectivity index (χ2v) is 1.46. The molecule has 1 heterocycles. The fraction of sp³-hybridized carbons (Fsp3) is 0. The Morgan fingerprint density at radius 3 is 3.10 bits per heavy atom. The van der Waals surface area contributed by atoms with E-state index in [0.29, 0.717) is 0 Å². The third kappa shape index (κ3) is 1.66. The number of ether oxygens (including phenoxy) is 1. The molecule has 54 valence electrons. The lowest BCUT2D eigenvalue weighted by Gasteiger charge is -2.14. The maximum absolute atomic E-state index is 10.2. The summed E-state index contributed by atoms with van der Waals surface area (Å²) in [6.45, 7) is 0. The number of hydrogen-bond acceptors (Lipinski definition) is 4. The third-order valence-corrected chi connectivity index (χ3v) is 0.738. The highest BCUT2D eigenvalue weighted by atomic mass is 16.5. The molecule has 0 aromatic heterocycles. The van der Waals surface area contributed by atoms with Gasteiger partial charge in [0.05, 0.1) is 6.20 Å². The van der Waals surface area contributed by atoms with Crippen LogP contribution in [-0.2, 0) is 4.74 Å². The Kier molecular flexibility index (Phi) is 1.74. The third-order valence-electron chi connectivity index (χ3n) is 0.738. The summed E-state index contributed by atoms with van der Waals surface area (Å²) in [5.41, 5.74) is 6.97. The van der Waals surface area contributed by atoms with Crippen molar-refractivity contribution in [2.24, 2.45) is 10.8 Å². The molecule has 1 aliphatic heterocycles. The van der Waals surface area contributed by atoms with Crippen molar-refractivity contribution in [3.05, 3.63) is 12.5 Å². The van der Waals surface area contributed by atoms with Crippen molar-refractivity contribution in [2.45, 2.75) is 0 Å². The Balaban J connectivity index is 2.40. The highest BCUT2D eigenvalue weighted by Crippen LogP contribution is 1.90. The molecule has 0 unspecified atom stereocenters. The van der Waals surface area contributed by atoms with Crippen molar-refractivity contribution in [1.29, 1.82) is 0 Å². The number of hydrogen-bond donors (Lipinski definition) is 2. The predicted octanol–water partition coefficient (Wildman–Crippen LogP) is -0.684. The zero-order valence-corrected chi connectivity index (χ0v) is 5.02. The van der Waals surface area contributed by atoms with E-state index in [1.807, 2.05) is 0 Å². The van der Waals surface area contributed by atoms with Gasteiger partial charge in [0.25, 0.3) is 0 Å². The lowest BCUT2D eigenvalue weighted by Crippen LogP contribution is -2.39. The molecular weight excluding hydrogens is 136 g/mol. The highest BCUT2D eigenvalue weighted by molar-refractivity contribution is 5.71. The average Bonchev–Trinajstić information content (AvgIpc) is 1.88. The first-order valence-electron chi connectivity index (χ1n) is 2.49. The zero-order chi connectivity index (χ0) is 7.40. The molecule has 0 aromatic carbocycles. The highest BCUT2D eigenvalue weighted by Gasteiger charge is 1.99. The van der Waals surface area contributed by atoms with E-state index in [2.05, 4.69) is 15.3 Å². The smallest absolute Gasteiger partial charge is 0.332 e. The Hall–Kier alpha value is -1.72. The monoisotopic (exact) mass is 142 g/mol. The molecule has 2 amide bonds. The summed E-state index contributed by atoms with van der Waals surface area (Å²) in [7, 11) is 0. The van der Waals surface area contributed by atoms with Crippen molar-refractivity contribution in [3.63, 3.8) is 0 Å². The van der Waals surface area contributed by atoms with Crippen molar-refractivity contribution in [1.82, 2.24) is 10.5 Å². The predicted molar refractivity (Wildman–Crippen MR) is 33.3 cm³/mol. The maximum Gasteiger partial charge on any atom is 0.332 e. The maximum atomic E-state index is 10.2. The largest absolute Gasteiger partial charge is 0.450 e. The number of nitrogens with one attached hydrogen (secondary N) is 1. The quantitative estimate of drug-likeness (QED) is 0.508. The summed E-state index contributed by atoms with van der Waals surface area (Å²) in [6, 6.07) is -0.677. The van der Waals surface area contributed by atoms with Crippen LogP contribution in [0.1, 0.15) is 0 Å². The van der Waals surface area contributed by atoms with Crippen LogP contribution in [0.15, 0.2) is 17.6 Å². The van der Waals surface area contributed by atoms with Crippen LogP contribution in [0.2, 0.25) is 0 Å². The Morgan fingerprint density at radius 1 is 1.80 bits per heavy atom. The van der Waals surface area contributed by atoms with Gasteiger partial charge in [-0.05, 0) is 0 Å². The molecule has 10 heavy (non-hydrogen) atoms. The van der Waals surface area contributed by atoms with Crippen LogP contribution in [0.25, 0.3) is 0 Å². The molecule has 0 saturated heterocycles. The Morgan fingerprint density at radius 2 is 2.60 bits per heavy atom. The summed E-state index contributed by atoms with van der Waals surface area (Å²) in [5.74, 6) is 0. The fourth-order valence-corrected chi connectivity index (χ4v) is 0.423. The van der Waals surface area contributed by atoms with Crippen molar-refractivity contribution < 1.29 is 9.53 Å². The number of carbonyl (C=O) groups excluding carboxylic acids is 1. The van der Waals surface area contributed by atoms with E-state index in [1.165, 1.54) is 12.5 Å².